The number of nitrogens with zero attached hydrogens (tertiary/aromatic N) is 3. The molecule has 0 unspecified atom stereocenters. The molecule has 0 spiro atoms. The van der Waals surface area contributed by atoms with Crippen LogP contribution in [0, 0.1) is 6.92 Å². The number of aryl methyl sites for hydroxylation is 1. The van der Waals surface area contributed by atoms with E-state index in [0.717, 1.165) is 16.6 Å². The third-order valence-corrected chi connectivity index (χ3v) is 2.40. The summed E-state index contributed by atoms with van der Waals surface area (Å²) in [4.78, 5) is 3.20. The zero-order chi connectivity index (χ0) is 12.6. The van der Waals surface area contributed by atoms with E-state index >= 15 is 0 Å². The number of halogens is 4. The molecule has 17 heavy (non-hydrogen) atoms. The molecule has 0 aliphatic carbocycles. The van der Waals surface area contributed by atoms with Crippen LogP contribution in [0.3, 0.4) is 0 Å². The van der Waals surface area contributed by atoms with Crippen LogP contribution in [0.1, 0.15) is 11.4 Å². The molecule has 2 rings (SSSR count). The first kappa shape index (κ1) is 11.9. The van der Waals surface area contributed by atoms with Gasteiger partial charge in [-0.05, 0) is 24.6 Å². The molecule has 0 fully saturated rings. The Morgan fingerprint density at radius 1 is 1.29 bits per heavy atom. The van der Waals surface area contributed by atoms with Crippen molar-refractivity contribution in [3.8, 4) is 5.69 Å². The molecule has 0 bridgehead atoms. The number of alkyl halides is 3. The quantitative estimate of drug-likeness (QED) is 0.789. The van der Waals surface area contributed by atoms with Crippen molar-refractivity contribution in [1.29, 1.82) is 0 Å². The van der Waals surface area contributed by atoms with Crippen LogP contribution in [0.4, 0.5) is 13.2 Å². The molecular formula is C10H7ClF3N3. The van der Waals surface area contributed by atoms with E-state index < -0.39 is 12.0 Å². The van der Waals surface area contributed by atoms with Crippen molar-refractivity contribution in [2.75, 3.05) is 0 Å². The van der Waals surface area contributed by atoms with Crippen molar-refractivity contribution >= 4 is 11.6 Å². The topological polar surface area (TPSA) is 30.7 Å². The highest BCUT2D eigenvalue weighted by atomic mass is 35.5. The number of rotatable bonds is 1. The summed E-state index contributed by atoms with van der Waals surface area (Å²) in [6.07, 6.45) is -3.57. The van der Waals surface area contributed by atoms with Gasteiger partial charge in [-0.2, -0.15) is 13.2 Å². The smallest absolute Gasteiger partial charge is 0.219 e. The summed E-state index contributed by atoms with van der Waals surface area (Å²) in [5.41, 5.74) is 1.27. The summed E-state index contributed by atoms with van der Waals surface area (Å²) in [5, 5.41) is 3.66. The second-order valence-electron chi connectivity index (χ2n) is 3.47. The lowest BCUT2D eigenvalue weighted by atomic mass is 10.2. The lowest BCUT2D eigenvalue weighted by Gasteiger charge is -2.04. The fourth-order valence-corrected chi connectivity index (χ4v) is 1.63. The maximum atomic E-state index is 12.3. The Bertz CT molecular complexity index is 548. The van der Waals surface area contributed by atoms with Gasteiger partial charge in [0.15, 0.2) is 0 Å². The van der Waals surface area contributed by atoms with Gasteiger partial charge in [0, 0.05) is 0 Å². The second kappa shape index (κ2) is 4.03. The van der Waals surface area contributed by atoms with Gasteiger partial charge in [-0.25, -0.2) is 9.67 Å². The first-order chi connectivity index (χ1) is 7.88. The van der Waals surface area contributed by atoms with E-state index in [0.29, 0.717) is 10.7 Å². The highest BCUT2D eigenvalue weighted by Gasteiger charge is 2.35. The van der Waals surface area contributed by atoms with Gasteiger partial charge in [0.2, 0.25) is 0 Å². The first-order valence-corrected chi connectivity index (χ1v) is 5.01. The highest BCUT2D eigenvalue weighted by molar-refractivity contribution is 6.32. The summed E-state index contributed by atoms with van der Waals surface area (Å²) in [5.74, 6) is -1.19. The predicted molar refractivity (Wildman–Crippen MR) is 56.1 cm³/mol. The monoisotopic (exact) mass is 261 g/mol. The van der Waals surface area contributed by atoms with Crippen molar-refractivity contribution in [1.82, 2.24) is 14.8 Å². The summed E-state index contributed by atoms with van der Waals surface area (Å²) in [6, 6.07) is 4.97. The largest absolute Gasteiger partial charge is 0.453 e. The van der Waals surface area contributed by atoms with E-state index in [1.165, 1.54) is 0 Å². The summed E-state index contributed by atoms with van der Waals surface area (Å²) >= 11 is 5.92. The SMILES string of the molecule is Cc1ccc(-n2cnc(C(F)(F)F)n2)c(Cl)c1. The average Bonchev–Trinajstić information content (AvgIpc) is 2.65. The molecular weight excluding hydrogens is 255 g/mol. The maximum absolute atomic E-state index is 12.3. The van der Waals surface area contributed by atoms with Crippen molar-refractivity contribution in [2.24, 2.45) is 0 Å². The first-order valence-electron chi connectivity index (χ1n) is 4.63. The van der Waals surface area contributed by atoms with E-state index in [9.17, 15) is 13.2 Å². The van der Waals surface area contributed by atoms with E-state index in [1.807, 2.05) is 6.92 Å². The Morgan fingerprint density at radius 2 is 2.00 bits per heavy atom. The predicted octanol–water partition coefficient (Wildman–Crippen LogP) is 3.25. The zero-order valence-electron chi connectivity index (χ0n) is 8.66. The minimum absolute atomic E-state index is 0.323. The molecule has 1 aromatic heterocycles. The van der Waals surface area contributed by atoms with E-state index in [-0.39, 0.29) is 0 Å². The minimum atomic E-state index is -4.55. The third-order valence-electron chi connectivity index (χ3n) is 2.10. The number of benzene rings is 1. The van der Waals surface area contributed by atoms with Gasteiger partial charge in [0.25, 0.3) is 5.82 Å². The molecule has 2 aromatic rings. The van der Waals surface area contributed by atoms with E-state index in [2.05, 4.69) is 10.1 Å². The normalized spacial score (nSPS) is 11.8. The molecule has 0 N–H and O–H groups in total. The van der Waals surface area contributed by atoms with Crippen molar-refractivity contribution in [2.45, 2.75) is 13.1 Å². The van der Waals surface area contributed by atoms with Gasteiger partial charge in [-0.15, -0.1) is 5.10 Å². The molecule has 0 aliphatic rings. The van der Waals surface area contributed by atoms with Crippen LogP contribution >= 0.6 is 11.6 Å². The molecule has 0 aliphatic heterocycles. The Morgan fingerprint density at radius 3 is 2.53 bits per heavy atom. The molecule has 0 saturated heterocycles. The third kappa shape index (κ3) is 2.41. The van der Waals surface area contributed by atoms with Crippen LogP contribution in [0.5, 0.6) is 0 Å². The van der Waals surface area contributed by atoms with Crippen LogP contribution in [-0.4, -0.2) is 14.8 Å². The fraction of sp³-hybridized carbons (Fsp3) is 0.200. The molecule has 0 radical (unpaired) electrons. The standard InChI is InChI=1S/C10H7ClF3N3/c1-6-2-3-8(7(11)4-6)17-5-15-9(16-17)10(12,13)14/h2-5H,1H3. The number of aromatic nitrogens is 3. The Hall–Kier alpha value is -1.56. The molecule has 0 amide bonds. The molecule has 0 atom stereocenters. The van der Waals surface area contributed by atoms with Gasteiger partial charge in [-0.3, -0.25) is 0 Å². The Balaban J connectivity index is 2.44. The summed E-state index contributed by atoms with van der Waals surface area (Å²) < 4.78 is 37.9. The van der Waals surface area contributed by atoms with Gasteiger partial charge in [0.1, 0.15) is 6.33 Å². The number of hydrogen-bond acceptors (Lipinski definition) is 2. The van der Waals surface area contributed by atoms with Gasteiger partial charge in [-0.1, -0.05) is 17.7 Å². The fourth-order valence-electron chi connectivity index (χ4n) is 1.31. The number of hydrogen-bond donors (Lipinski definition) is 0. The van der Waals surface area contributed by atoms with Crippen LogP contribution in [-0.2, 0) is 6.18 Å². The van der Waals surface area contributed by atoms with Gasteiger partial charge in [0.05, 0.1) is 10.7 Å². The molecule has 90 valence electrons. The zero-order valence-corrected chi connectivity index (χ0v) is 9.42. The Labute approximate surface area is 99.8 Å². The van der Waals surface area contributed by atoms with Crippen LogP contribution in [0.2, 0.25) is 5.02 Å². The van der Waals surface area contributed by atoms with E-state index in [4.69, 9.17) is 11.6 Å². The van der Waals surface area contributed by atoms with Crippen LogP contribution in [0.25, 0.3) is 5.69 Å². The van der Waals surface area contributed by atoms with Crippen LogP contribution in [0.15, 0.2) is 24.5 Å². The molecule has 7 heteroatoms. The van der Waals surface area contributed by atoms with Crippen molar-refractivity contribution < 1.29 is 13.2 Å². The maximum Gasteiger partial charge on any atom is 0.453 e. The highest BCUT2D eigenvalue weighted by Crippen LogP contribution is 2.27. The van der Waals surface area contributed by atoms with Crippen LogP contribution < -0.4 is 0 Å². The van der Waals surface area contributed by atoms with E-state index in [1.54, 1.807) is 18.2 Å². The lowest BCUT2D eigenvalue weighted by molar-refractivity contribution is -0.144. The summed E-state index contributed by atoms with van der Waals surface area (Å²) in [7, 11) is 0. The molecule has 3 nitrogen and oxygen atoms in total. The lowest BCUT2D eigenvalue weighted by Crippen LogP contribution is -2.08. The minimum Gasteiger partial charge on any atom is -0.219 e. The molecule has 1 aromatic carbocycles. The summed E-state index contributed by atoms with van der Waals surface area (Å²) in [6.45, 7) is 1.83. The average molecular weight is 262 g/mol. The van der Waals surface area contributed by atoms with Gasteiger partial charge < -0.3 is 0 Å². The molecule has 1 heterocycles. The van der Waals surface area contributed by atoms with Crippen molar-refractivity contribution in [3.63, 3.8) is 0 Å². The van der Waals surface area contributed by atoms with Crippen molar-refractivity contribution in [3.05, 3.63) is 40.9 Å². The second-order valence-corrected chi connectivity index (χ2v) is 3.87. The Kier molecular flexibility index (Phi) is 2.82. The van der Waals surface area contributed by atoms with Gasteiger partial charge >= 0.3 is 6.18 Å². The molecule has 0 saturated carbocycles.